The van der Waals surface area contributed by atoms with Gasteiger partial charge in [0.25, 0.3) is 0 Å². The van der Waals surface area contributed by atoms with Gasteiger partial charge in [-0.25, -0.2) is 0 Å². The van der Waals surface area contributed by atoms with Gasteiger partial charge in [-0.3, -0.25) is 9.59 Å². The molecule has 11 atom stereocenters. The highest BCUT2D eigenvalue weighted by Crippen LogP contribution is 2.27. The first-order valence-corrected chi connectivity index (χ1v) is 33.6. The molecule has 0 aromatic carbocycles. The van der Waals surface area contributed by atoms with Gasteiger partial charge in [0.15, 0.2) is 18.7 Å². The maximum Gasteiger partial charge on any atom is 0.306 e. The average Bonchev–Trinajstić information content (AvgIpc) is 3.50. The minimum Gasteiger partial charge on any atom is -0.462 e. The van der Waals surface area contributed by atoms with Crippen molar-refractivity contribution in [2.75, 3.05) is 26.4 Å². The summed E-state index contributed by atoms with van der Waals surface area (Å²) >= 11 is 0. The largest absolute Gasteiger partial charge is 0.462 e. The lowest BCUT2D eigenvalue weighted by Crippen LogP contribution is -2.61. The van der Waals surface area contributed by atoms with Crippen molar-refractivity contribution in [3.63, 3.8) is 0 Å². The molecule has 2 heterocycles. The van der Waals surface area contributed by atoms with Gasteiger partial charge in [-0.15, -0.1) is 0 Å². The number of rotatable bonds is 56. The van der Waals surface area contributed by atoms with Gasteiger partial charge >= 0.3 is 11.9 Å². The minimum atomic E-state index is -1.76. The van der Waals surface area contributed by atoms with Gasteiger partial charge in [0.2, 0.25) is 0 Å². The van der Waals surface area contributed by atoms with E-state index in [2.05, 4.69) is 13.8 Å². The van der Waals surface area contributed by atoms with Crippen LogP contribution < -0.4 is 0 Å². The number of carbonyl (C=O) groups is 2. The summed E-state index contributed by atoms with van der Waals surface area (Å²) in [5.74, 6) is -0.898. The van der Waals surface area contributed by atoms with Gasteiger partial charge in [-0.2, -0.15) is 0 Å². The lowest BCUT2D eigenvalue weighted by Gasteiger charge is -2.42. The van der Waals surface area contributed by atoms with Crippen LogP contribution in [0.2, 0.25) is 0 Å². The van der Waals surface area contributed by atoms with E-state index in [0.717, 1.165) is 38.5 Å². The molecule has 2 saturated heterocycles. The molecule has 80 heavy (non-hydrogen) atoms. The molecular weight excluding hydrogens is 1020 g/mol. The van der Waals surface area contributed by atoms with Crippen molar-refractivity contribution in [2.45, 2.75) is 377 Å². The summed E-state index contributed by atoms with van der Waals surface area (Å²) in [5, 5.41) is 72.5. The molecule has 0 aliphatic carbocycles. The van der Waals surface area contributed by atoms with Crippen LogP contribution in [0.15, 0.2) is 0 Å². The summed E-state index contributed by atoms with van der Waals surface area (Å²) in [5.41, 5.74) is 0. The van der Waals surface area contributed by atoms with E-state index in [1.165, 1.54) is 231 Å². The summed E-state index contributed by atoms with van der Waals surface area (Å²) in [6.45, 7) is 2.69. The molecule has 2 fully saturated rings. The number of ether oxygens (including phenoxy) is 6. The molecule has 474 valence electrons. The maximum atomic E-state index is 13.1. The molecule has 15 heteroatoms. The zero-order valence-electron chi connectivity index (χ0n) is 51.1. The Morgan fingerprint density at radius 2 is 0.637 bits per heavy atom. The van der Waals surface area contributed by atoms with Gasteiger partial charge in [0.05, 0.1) is 19.8 Å². The fourth-order valence-corrected chi connectivity index (χ4v) is 11.2. The van der Waals surface area contributed by atoms with Gasteiger partial charge in [-0.05, 0) is 12.8 Å². The van der Waals surface area contributed by atoms with E-state index in [1.54, 1.807) is 0 Å². The second-order valence-electron chi connectivity index (χ2n) is 24.0. The van der Waals surface area contributed by atoms with E-state index in [9.17, 15) is 45.3 Å². The quantitative estimate of drug-likeness (QED) is 0.0222. The summed E-state index contributed by atoms with van der Waals surface area (Å²) < 4.78 is 33.8. The van der Waals surface area contributed by atoms with Crippen molar-refractivity contribution < 1.29 is 73.8 Å². The van der Waals surface area contributed by atoms with Crippen LogP contribution in [0.4, 0.5) is 0 Å². The van der Waals surface area contributed by atoms with Crippen molar-refractivity contribution >= 4 is 11.9 Å². The van der Waals surface area contributed by atoms with Crippen molar-refractivity contribution in [3.8, 4) is 0 Å². The van der Waals surface area contributed by atoms with Crippen molar-refractivity contribution in [3.05, 3.63) is 0 Å². The Bertz CT molecular complexity index is 1390. The molecule has 7 N–H and O–H groups in total. The summed E-state index contributed by atoms with van der Waals surface area (Å²) in [6.07, 6.45) is 39.9. The summed E-state index contributed by atoms with van der Waals surface area (Å²) in [6, 6.07) is 0. The van der Waals surface area contributed by atoms with Crippen LogP contribution in [0.3, 0.4) is 0 Å². The van der Waals surface area contributed by atoms with Crippen molar-refractivity contribution in [1.29, 1.82) is 0 Å². The SMILES string of the molecule is CCCCCCCCCCCCCCCCCCCCCCCCC(=O)OC[C@@H](CO[C@@H]1O[C@H](CO[C@@H]2O[C@H](CO)[C@H](O)C(O)C2O)[C@H](O)C(O)C1O)OC(=O)CCCCCCCCCCCCCCCCCCCCCCCC. The lowest BCUT2D eigenvalue weighted by molar-refractivity contribution is -0.332. The predicted octanol–water partition coefficient (Wildman–Crippen LogP) is 13.1. The lowest BCUT2D eigenvalue weighted by atomic mass is 9.98. The first-order valence-electron chi connectivity index (χ1n) is 33.6. The normalized spacial score (nSPS) is 23.6. The van der Waals surface area contributed by atoms with Crippen LogP contribution in [0.25, 0.3) is 0 Å². The van der Waals surface area contributed by atoms with E-state index in [-0.39, 0.29) is 26.1 Å². The zero-order valence-corrected chi connectivity index (χ0v) is 51.1. The molecule has 15 nitrogen and oxygen atoms in total. The second-order valence-corrected chi connectivity index (χ2v) is 24.0. The molecule has 0 saturated carbocycles. The van der Waals surface area contributed by atoms with Crippen molar-refractivity contribution in [1.82, 2.24) is 0 Å². The van der Waals surface area contributed by atoms with Gasteiger partial charge in [-0.1, -0.05) is 284 Å². The Labute approximate surface area is 487 Å². The van der Waals surface area contributed by atoms with Crippen LogP contribution in [-0.2, 0) is 38.0 Å². The number of aliphatic hydroxyl groups is 7. The highest BCUT2D eigenvalue weighted by atomic mass is 16.7. The van der Waals surface area contributed by atoms with E-state index < -0.39 is 92.7 Å². The van der Waals surface area contributed by atoms with Crippen LogP contribution in [-0.4, -0.2) is 142 Å². The number of unbranched alkanes of at least 4 members (excludes halogenated alkanes) is 42. The number of aliphatic hydroxyl groups excluding tert-OH is 7. The Balaban J connectivity index is 1.68. The molecule has 2 aliphatic heterocycles. The molecule has 0 radical (unpaired) electrons. The van der Waals surface area contributed by atoms with E-state index in [1.807, 2.05) is 0 Å². The molecule has 0 bridgehead atoms. The Hall–Kier alpha value is -1.50. The third-order valence-corrected chi connectivity index (χ3v) is 16.6. The van der Waals surface area contributed by atoms with Gasteiger partial charge in [0, 0.05) is 12.8 Å². The average molecular weight is 1150 g/mol. The highest BCUT2D eigenvalue weighted by Gasteiger charge is 2.47. The summed E-state index contributed by atoms with van der Waals surface area (Å²) in [7, 11) is 0. The second kappa shape index (κ2) is 51.9. The Kier molecular flexibility index (Phi) is 48.4. The smallest absolute Gasteiger partial charge is 0.306 e. The number of hydrogen-bond donors (Lipinski definition) is 7. The topological polar surface area (TPSA) is 231 Å². The fourth-order valence-electron chi connectivity index (χ4n) is 11.2. The Morgan fingerprint density at radius 1 is 0.350 bits per heavy atom. The fraction of sp³-hybridized carbons (Fsp3) is 0.969. The van der Waals surface area contributed by atoms with E-state index >= 15 is 0 Å². The van der Waals surface area contributed by atoms with Crippen LogP contribution in [0.1, 0.15) is 309 Å². The molecule has 0 amide bonds. The molecule has 2 aliphatic rings. The monoisotopic (exact) mass is 1140 g/mol. The standard InChI is InChI=1S/C65H124O15/c1-3-5-7-9-11-13-15-17-19-21-23-25-27-29-31-33-35-37-39-41-43-45-47-56(67)75-50-53(51-76-64-63(74)61(72)59(70)55(80-64)52-77-65-62(73)60(71)58(69)54(49-66)79-65)78-57(68)48-46-44-42-40-38-36-34-32-30-28-26-24-22-20-18-16-14-12-10-8-6-4-2/h53-55,58-66,69-74H,3-52H2,1-2H3/t53-,54+,55+,58-,59-,60?,61?,62?,63?,64+,65+/m0/s1. The van der Waals surface area contributed by atoms with Crippen LogP contribution in [0.5, 0.6) is 0 Å². The van der Waals surface area contributed by atoms with E-state index in [0.29, 0.717) is 12.8 Å². The maximum absolute atomic E-state index is 13.1. The molecular formula is C65H124O15. The number of hydrogen-bond acceptors (Lipinski definition) is 15. The van der Waals surface area contributed by atoms with Crippen LogP contribution in [0, 0.1) is 0 Å². The first kappa shape index (κ1) is 74.6. The molecule has 4 unspecified atom stereocenters. The summed E-state index contributed by atoms with van der Waals surface area (Å²) in [4.78, 5) is 26.0. The first-order chi connectivity index (χ1) is 39.0. The number of carbonyl (C=O) groups excluding carboxylic acids is 2. The Morgan fingerprint density at radius 3 is 0.975 bits per heavy atom. The molecule has 0 spiro atoms. The third-order valence-electron chi connectivity index (χ3n) is 16.6. The highest BCUT2D eigenvalue weighted by molar-refractivity contribution is 5.70. The van der Waals surface area contributed by atoms with Crippen molar-refractivity contribution in [2.24, 2.45) is 0 Å². The minimum absolute atomic E-state index is 0.174. The predicted molar refractivity (Wildman–Crippen MR) is 317 cm³/mol. The molecule has 0 aromatic heterocycles. The van der Waals surface area contributed by atoms with Gasteiger partial charge in [0.1, 0.15) is 55.4 Å². The molecule has 2 rings (SSSR count). The third kappa shape index (κ3) is 37.7. The zero-order chi connectivity index (χ0) is 58.1. The van der Waals surface area contributed by atoms with E-state index in [4.69, 9.17) is 28.4 Å². The number of esters is 2. The van der Waals surface area contributed by atoms with Gasteiger partial charge < -0.3 is 64.2 Å². The van der Waals surface area contributed by atoms with Crippen LogP contribution >= 0.6 is 0 Å². The molecule has 0 aromatic rings.